The smallest absolute Gasteiger partial charge is 0.160 e. The van der Waals surface area contributed by atoms with Gasteiger partial charge in [0.15, 0.2) is 10.7 Å². The number of ether oxygens (including phenoxy) is 3. The summed E-state index contributed by atoms with van der Waals surface area (Å²) in [4.78, 5) is 0. The van der Waals surface area contributed by atoms with Crippen molar-refractivity contribution in [2.75, 3.05) is 0 Å². The van der Waals surface area contributed by atoms with E-state index in [2.05, 4.69) is 199 Å². The number of aryl methyl sites for hydroxylation is 2. The second kappa shape index (κ2) is 28.9. The summed E-state index contributed by atoms with van der Waals surface area (Å²) in [5.74, 6) is 4.12. The van der Waals surface area contributed by atoms with E-state index in [1.54, 1.807) is 0 Å². The van der Waals surface area contributed by atoms with Gasteiger partial charge in [-0.2, -0.15) is 0 Å². The van der Waals surface area contributed by atoms with E-state index in [9.17, 15) is 0 Å². The summed E-state index contributed by atoms with van der Waals surface area (Å²) < 4.78 is 37.7. The van der Waals surface area contributed by atoms with Crippen LogP contribution in [0.1, 0.15) is 253 Å². The Morgan fingerprint density at radius 2 is 0.843 bits per heavy atom. The van der Waals surface area contributed by atoms with Crippen molar-refractivity contribution >= 4 is 62.4 Å². The lowest BCUT2D eigenvalue weighted by Crippen LogP contribution is -2.31. The second-order valence-corrected chi connectivity index (χ2v) is 31.4. The third kappa shape index (κ3) is 17.5. The predicted octanol–water partition coefficient (Wildman–Crippen LogP) is 24.8. The summed E-state index contributed by atoms with van der Waals surface area (Å²) in [7, 11) is -0.142. The first kappa shape index (κ1) is 68.4. The number of fused-ring (bicyclic) bond motifs is 2. The van der Waals surface area contributed by atoms with Gasteiger partial charge in [-0.1, -0.05) is 214 Å². The lowest BCUT2D eigenvalue weighted by molar-refractivity contribution is 0.129. The van der Waals surface area contributed by atoms with Gasteiger partial charge in [-0.3, -0.25) is 0 Å². The standard InChI is InChI=1S/C74H106Cl2O5P2/c1-21-27-30-32-34-52-36-38-58-54(42-52)44-56(76)46-64(58)79-74(26-6,40-29-23-3)83-81-68-61(71(15,16)17)48-62(77-72(18,19)20)50(8)66(68)65-49(7)59(69(9,10)11)47-60(70(12,13)14)67(65)80-82-73(25-5,39-24-4)78-63-45-55(75)43-53-41-51(33-31-28-22-2)35-37-57(53)63/h35-38,41-48,82-83H,21-34,39-40H2,1-20H3. The normalized spacial score (nSPS) is 14.3. The van der Waals surface area contributed by atoms with Gasteiger partial charge < -0.3 is 23.3 Å². The molecule has 0 aliphatic rings. The third-order valence-corrected chi connectivity index (χ3v) is 19.6. The Hall–Kier alpha value is -3.72. The fraction of sp³-hybridized carbons (Fsp3) is 0.568. The molecule has 0 heterocycles. The minimum Gasteiger partial charge on any atom is -0.488 e. The van der Waals surface area contributed by atoms with Crippen molar-refractivity contribution in [3.05, 3.63) is 122 Å². The number of halogens is 2. The molecular formula is C74H106Cl2O5P2. The van der Waals surface area contributed by atoms with Gasteiger partial charge in [0.25, 0.3) is 0 Å². The van der Waals surface area contributed by atoms with Crippen LogP contribution in [0.5, 0.6) is 28.7 Å². The number of rotatable bonds is 28. The van der Waals surface area contributed by atoms with Crippen molar-refractivity contribution in [3.63, 3.8) is 0 Å². The van der Waals surface area contributed by atoms with Crippen LogP contribution in [0.2, 0.25) is 10.0 Å². The molecule has 6 aromatic rings. The average Bonchev–Trinajstić information content (AvgIpc) is 3.21. The quantitative estimate of drug-likeness (QED) is 0.0362. The minimum atomic E-state index is -0.674. The SMILES string of the molecule is CCCCCCc1ccc2c(OC(CC)(CCCC)POc3c(C(C)(C)C)cc(OC(C)(C)C)c(C)c3-c3c(C)c(C(C)(C)C)cc(C(C)(C)C)c3OPC(CC)(CCC)Oc3cc(Cl)cc4cc(CCCCC)ccc34)cc(Cl)cc2c1. The second-order valence-electron chi connectivity index (χ2n) is 27.9. The molecule has 456 valence electrons. The van der Waals surface area contributed by atoms with Crippen LogP contribution in [0.3, 0.4) is 0 Å². The van der Waals surface area contributed by atoms with Crippen molar-refractivity contribution in [3.8, 4) is 39.9 Å². The van der Waals surface area contributed by atoms with Crippen LogP contribution in [0.4, 0.5) is 0 Å². The molecule has 0 fully saturated rings. The fourth-order valence-corrected chi connectivity index (χ4v) is 14.3. The molecule has 0 aliphatic heterocycles. The highest BCUT2D eigenvalue weighted by Crippen LogP contribution is 2.58. The molecule has 0 N–H and O–H groups in total. The van der Waals surface area contributed by atoms with Crippen LogP contribution in [0.25, 0.3) is 32.7 Å². The molecule has 4 atom stereocenters. The number of hydrogen-bond acceptors (Lipinski definition) is 5. The van der Waals surface area contributed by atoms with Gasteiger partial charge in [-0.25, -0.2) is 0 Å². The van der Waals surface area contributed by atoms with E-state index in [1.807, 2.05) is 12.1 Å². The van der Waals surface area contributed by atoms with Gasteiger partial charge in [0.05, 0.1) is 0 Å². The van der Waals surface area contributed by atoms with Crippen LogP contribution in [0.15, 0.2) is 72.8 Å². The topological polar surface area (TPSA) is 46.2 Å². The van der Waals surface area contributed by atoms with Gasteiger partial charge in [0.2, 0.25) is 0 Å². The number of benzene rings is 6. The van der Waals surface area contributed by atoms with Gasteiger partial charge in [0, 0.05) is 48.6 Å². The highest BCUT2D eigenvalue weighted by molar-refractivity contribution is 7.35. The fourth-order valence-electron chi connectivity index (χ4n) is 11.6. The van der Waals surface area contributed by atoms with Gasteiger partial charge in [-0.05, 0) is 172 Å². The lowest BCUT2D eigenvalue weighted by Gasteiger charge is -2.38. The minimum absolute atomic E-state index is 0.0685. The molecule has 6 aromatic carbocycles. The predicted molar refractivity (Wildman–Crippen MR) is 366 cm³/mol. The molecule has 4 unspecified atom stereocenters. The van der Waals surface area contributed by atoms with Crippen molar-refractivity contribution < 1.29 is 23.3 Å². The summed E-state index contributed by atoms with van der Waals surface area (Å²) in [5.41, 5.74) is 8.91. The zero-order chi connectivity index (χ0) is 61.3. The monoisotopic (exact) mass is 1210 g/mol. The van der Waals surface area contributed by atoms with E-state index < -0.39 is 16.3 Å². The zero-order valence-corrected chi connectivity index (χ0v) is 58.6. The molecule has 6 rings (SSSR count). The summed E-state index contributed by atoms with van der Waals surface area (Å²) in [6.07, 6.45) is 16.6. The summed E-state index contributed by atoms with van der Waals surface area (Å²) in [5, 5.41) is 4.33. The van der Waals surface area contributed by atoms with Crippen LogP contribution in [0, 0.1) is 13.8 Å². The molecule has 0 spiro atoms. The molecule has 0 radical (unpaired) electrons. The van der Waals surface area contributed by atoms with Crippen molar-refractivity contribution in [1.29, 1.82) is 0 Å². The Morgan fingerprint density at radius 3 is 1.28 bits per heavy atom. The Balaban J connectivity index is 1.61. The van der Waals surface area contributed by atoms with E-state index in [0.717, 1.165) is 141 Å². The summed E-state index contributed by atoms with van der Waals surface area (Å²) >= 11 is 14.1. The van der Waals surface area contributed by atoms with Crippen molar-refractivity contribution in [2.24, 2.45) is 0 Å². The number of hydrogen-bond donors (Lipinski definition) is 0. The van der Waals surface area contributed by atoms with Crippen molar-refractivity contribution in [1.82, 2.24) is 0 Å². The zero-order valence-electron chi connectivity index (χ0n) is 55.0. The maximum Gasteiger partial charge on any atom is 0.160 e. The Kier molecular flexibility index (Phi) is 23.8. The first-order valence-electron chi connectivity index (χ1n) is 31.7. The van der Waals surface area contributed by atoms with Gasteiger partial charge in [-0.15, -0.1) is 0 Å². The van der Waals surface area contributed by atoms with Crippen LogP contribution in [-0.2, 0) is 29.1 Å². The Bertz CT molecular complexity index is 3140. The lowest BCUT2D eigenvalue weighted by atomic mass is 9.74. The van der Waals surface area contributed by atoms with E-state index >= 15 is 0 Å². The Labute approximate surface area is 517 Å². The maximum absolute atomic E-state index is 7.82. The van der Waals surface area contributed by atoms with Crippen LogP contribution < -0.4 is 23.3 Å². The van der Waals surface area contributed by atoms with E-state index in [-0.39, 0.29) is 33.9 Å². The summed E-state index contributed by atoms with van der Waals surface area (Å²) in [6, 6.07) is 26.5. The molecule has 0 aliphatic carbocycles. The molecule has 0 saturated heterocycles. The molecule has 9 heteroatoms. The maximum atomic E-state index is 7.82. The Morgan fingerprint density at radius 1 is 0.410 bits per heavy atom. The molecule has 0 bridgehead atoms. The average molecular weight is 1210 g/mol. The van der Waals surface area contributed by atoms with E-state index in [4.69, 9.17) is 46.5 Å². The van der Waals surface area contributed by atoms with Crippen molar-refractivity contribution in [2.45, 2.75) is 274 Å². The number of unbranched alkanes of at least 4 members (excludes halogenated alkanes) is 6. The molecule has 5 nitrogen and oxygen atoms in total. The largest absolute Gasteiger partial charge is 0.488 e. The molecule has 0 aromatic heterocycles. The highest BCUT2D eigenvalue weighted by atomic mass is 35.5. The first-order valence-corrected chi connectivity index (χ1v) is 34.3. The molecule has 0 saturated carbocycles. The van der Waals surface area contributed by atoms with E-state index in [1.165, 1.54) is 61.6 Å². The van der Waals surface area contributed by atoms with Gasteiger partial charge >= 0.3 is 0 Å². The molecular weight excluding hydrogens is 1100 g/mol. The van der Waals surface area contributed by atoms with Crippen LogP contribution in [-0.4, -0.2) is 16.3 Å². The first-order chi connectivity index (χ1) is 39.0. The summed E-state index contributed by atoms with van der Waals surface area (Å²) in [6.45, 7) is 45.2. The molecule has 0 amide bonds. The molecule has 83 heavy (non-hydrogen) atoms. The highest BCUT2D eigenvalue weighted by Gasteiger charge is 2.40. The third-order valence-electron chi connectivity index (χ3n) is 16.4. The van der Waals surface area contributed by atoms with E-state index in [0.29, 0.717) is 10.0 Å². The van der Waals surface area contributed by atoms with Crippen LogP contribution >= 0.6 is 40.8 Å². The van der Waals surface area contributed by atoms with Gasteiger partial charge in [0.1, 0.15) is 52.0 Å².